The molecule has 0 saturated heterocycles. The minimum atomic E-state index is -1.04. The van der Waals surface area contributed by atoms with E-state index in [2.05, 4.69) is 10.6 Å². The van der Waals surface area contributed by atoms with Crippen LogP contribution in [0.2, 0.25) is 0 Å². The van der Waals surface area contributed by atoms with Gasteiger partial charge in [0.05, 0.1) is 0 Å². The Morgan fingerprint density at radius 3 is 2.10 bits per heavy atom. The number of benzene rings is 2. The number of carbonyl (C=O) groups excluding carboxylic acids is 3. The van der Waals surface area contributed by atoms with Crippen molar-refractivity contribution in [3.05, 3.63) is 70.5 Å². The summed E-state index contributed by atoms with van der Waals surface area (Å²) in [6.45, 7) is 5.10. The summed E-state index contributed by atoms with van der Waals surface area (Å²) in [4.78, 5) is 36.3. The predicted octanol–water partition coefficient (Wildman–Crippen LogP) is 1.70. The molecule has 29 heavy (non-hydrogen) atoms. The van der Waals surface area contributed by atoms with Crippen LogP contribution in [0.1, 0.15) is 29.2 Å². The third-order valence-electron chi connectivity index (χ3n) is 4.79. The Bertz CT molecular complexity index is 894. The lowest BCUT2D eigenvalue weighted by Gasteiger charge is -2.23. The molecule has 0 aromatic heterocycles. The molecule has 0 fully saturated rings. The van der Waals surface area contributed by atoms with Crippen molar-refractivity contribution in [2.75, 3.05) is 0 Å². The zero-order chi connectivity index (χ0) is 21.6. The van der Waals surface area contributed by atoms with Crippen LogP contribution in [-0.2, 0) is 27.2 Å². The van der Waals surface area contributed by atoms with E-state index in [0.29, 0.717) is 0 Å². The van der Waals surface area contributed by atoms with Crippen molar-refractivity contribution in [1.82, 2.24) is 10.6 Å². The maximum Gasteiger partial charge on any atom is 0.243 e. The van der Waals surface area contributed by atoms with E-state index in [0.717, 1.165) is 16.7 Å². The van der Waals surface area contributed by atoms with Crippen molar-refractivity contribution < 1.29 is 18.8 Å². The van der Waals surface area contributed by atoms with Crippen molar-refractivity contribution >= 4 is 17.7 Å². The molecule has 0 heterocycles. The molecule has 0 bridgehead atoms. The number of primary amides is 1. The van der Waals surface area contributed by atoms with Gasteiger partial charge in [0.15, 0.2) is 0 Å². The summed E-state index contributed by atoms with van der Waals surface area (Å²) in [5, 5.41) is 5.13. The van der Waals surface area contributed by atoms with Crippen LogP contribution in [0.15, 0.2) is 42.5 Å². The lowest BCUT2D eigenvalue weighted by molar-refractivity contribution is -0.130. The molecule has 154 valence electrons. The molecule has 0 spiro atoms. The fraction of sp³-hybridized carbons (Fsp3) is 0.318. The molecule has 0 aliphatic carbocycles. The number of hydrogen-bond acceptors (Lipinski definition) is 3. The van der Waals surface area contributed by atoms with Gasteiger partial charge in [-0.1, -0.05) is 36.4 Å². The standard InChI is InChI=1S/C22H26FN3O3/c1-13-7-6-8-14(2)17(13)12-19(21(24)28)26-22(29)20(25-15(3)27)11-16-9-4-5-10-18(16)23/h4-10,19-20H,11-12H2,1-3H3,(H2,24,28)(H,25,27)(H,26,29)/t19-,20-/m0/s1. The third kappa shape index (κ3) is 6.14. The molecule has 2 aromatic rings. The van der Waals surface area contributed by atoms with E-state index in [-0.39, 0.29) is 18.4 Å². The zero-order valence-corrected chi connectivity index (χ0v) is 16.8. The van der Waals surface area contributed by atoms with E-state index >= 15 is 0 Å². The highest BCUT2D eigenvalue weighted by atomic mass is 19.1. The molecule has 2 aromatic carbocycles. The van der Waals surface area contributed by atoms with Crippen molar-refractivity contribution in [2.24, 2.45) is 5.73 Å². The molecule has 2 atom stereocenters. The molecule has 3 amide bonds. The van der Waals surface area contributed by atoms with Gasteiger partial charge in [-0.2, -0.15) is 0 Å². The average Bonchev–Trinajstić information content (AvgIpc) is 2.64. The SMILES string of the molecule is CC(=O)N[C@@H](Cc1ccccc1F)C(=O)N[C@@H](Cc1c(C)cccc1C)C(N)=O. The van der Waals surface area contributed by atoms with Crippen LogP contribution in [0, 0.1) is 19.7 Å². The van der Waals surface area contributed by atoms with Gasteiger partial charge in [-0.05, 0) is 42.2 Å². The van der Waals surface area contributed by atoms with Crippen LogP contribution >= 0.6 is 0 Å². The fourth-order valence-electron chi connectivity index (χ4n) is 3.21. The van der Waals surface area contributed by atoms with Gasteiger partial charge in [0.2, 0.25) is 17.7 Å². The lowest BCUT2D eigenvalue weighted by Crippen LogP contribution is -2.54. The summed E-state index contributed by atoms with van der Waals surface area (Å²) in [5.74, 6) is -2.20. The number of carbonyl (C=O) groups is 3. The molecule has 0 aliphatic heterocycles. The smallest absolute Gasteiger partial charge is 0.243 e. The summed E-state index contributed by atoms with van der Waals surface area (Å²) in [6, 6.07) is 9.76. The molecule has 0 radical (unpaired) electrons. The molecular weight excluding hydrogens is 373 g/mol. The molecular formula is C22H26FN3O3. The Balaban J connectivity index is 2.21. The van der Waals surface area contributed by atoms with Crippen LogP contribution in [0.25, 0.3) is 0 Å². The Kier molecular flexibility index (Phi) is 7.47. The second-order valence-corrected chi connectivity index (χ2v) is 7.09. The number of hydrogen-bond donors (Lipinski definition) is 3. The highest BCUT2D eigenvalue weighted by molar-refractivity contribution is 5.91. The minimum absolute atomic E-state index is 0.0486. The van der Waals surface area contributed by atoms with E-state index in [9.17, 15) is 18.8 Å². The van der Waals surface area contributed by atoms with Gasteiger partial charge in [-0.3, -0.25) is 14.4 Å². The van der Waals surface area contributed by atoms with E-state index in [1.165, 1.54) is 13.0 Å². The van der Waals surface area contributed by atoms with Gasteiger partial charge >= 0.3 is 0 Å². The van der Waals surface area contributed by atoms with Crippen LogP contribution in [-0.4, -0.2) is 29.8 Å². The van der Waals surface area contributed by atoms with E-state index < -0.39 is 35.6 Å². The summed E-state index contributed by atoms with van der Waals surface area (Å²) in [6.07, 6.45) is 0.180. The second-order valence-electron chi connectivity index (χ2n) is 7.09. The zero-order valence-electron chi connectivity index (χ0n) is 16.8. The fourth-order valence-corrected chi connectivity index (χ4v) is 3.21. The summed E-state index contributed by atoms with van der Waals surface area (Å²) >= 11 is 0. The maximum atomic E-state index is 14.0. The number of nitrogens with one attached hydrogen (secondary N) is 2. The average molecular weight is 399 g/mol. The quantitative estimate of drug-likeness (QED) is 0.630. The topological polar surface area (TPSA) is 101 Å². The van der Waals surface area contributed by atoms with Gasteiger partial charge in [-0.15, -0.1) is 0 Å². The summed E-state index contributed by atoms with van der Waals surface area (Å²) in [5.41, 5.74) is 8.68. The third-order valence-corrected chi connectivity index (χ3v) is 4.79. The first kappa shape index (κ1) is 22.1. The first-order chi connectivity index (χ1) is 13.7. The molecule has 6 nitrogen and oxygen atoms in total. The number of halogens is 1. The van der Waals surface area contributed by atoms with Crippen molar-refractivity contribution in [3.8, 4) is 0 Å². The monoisotopic (exact) mass is 399 g/mol. The number of aryl methyl sites for hydroxylation is 2. The van der Waals surface area contributed by atoms with Gasteiger partial charge < -0.3 is 16.4 Å². The largest absolute Gasteiger partial charge is 0.368 e. The molecule has 4 N–H and O–H groups in total. The molecule has 0 saturated carbocycles. The summed E-state index contributed by atoms with van der Waals surface area (Å²) in [7, 11) is 0. The van der Waals surface area contributed by atoms with Gasteiger partial charge in [-0.25, -0.2) is 4.39 Å². The highest BCUT2D eigenvalue weighted by Gasteiger charge is 2.26. The summed E-state index contributed by atoms with van der Waals surface area (Å²) < 4.78 is 14.0. The Labute approximate surface area is 169 Å². The van der Waals surface area contributed by atoms with Crippen molar-refractivity contribution in [1.29, 1.82) is 0 Å². The van der Waals surface area contributed by atoms with E-state index in [1.807, 2.05) is 32.0 Å². The lowest BCUT2D eigenvalue weighted by atomic mass is 9.95. The Morgan fingerprint density at radius 1 is 0.931 bits per heavy atom. The molecule has 0 aliphatic rings. The second kappa shape index (κ2) is 9.82. The van der Waals surface area contributed by atoms with Crippen LogP contribution in [0.3, 0.4) is 0 Å². The first-order valence-corrected chi connectivity index (χ1v) is 9.34. The van der Waals surface area contributed by atoms with Gasteiger partial charge in [0.1, 0.15) is 17.9 Å². The van der Waals surface area contributed by atoms with E-state index in [4.69, 9.17) is 5.73 Å². The van der Waals surface area contributed by atoms with Crippen LogP contribution in [0.4, 0.5) is 4.39 Å². The number of amides is 3. The maximum absolute atomic E-state index is 14.0. The first-order valence-electron chi connectivity index (χ1n) is 9.34. The Morgan fingerprint density at radius 2 is 1.55 bits per heavy atom. The number of nitrogens with two attached hydrogens (primary N) is 1. The molecule has 7 heteroatoms. The van der Waals surface area contributed by atoms with Gasteiger partial charge in [0.25, 0.3) is 0 Å². The van der Waals surface area contributed by atoms with Gasteiger partial charge in [0, 0.05) is 19.8 Å². The Hall–Kier alpha value is -3.22. The van der Waals surface area contributed by atoms with Crippen molar-refractivity contribution in [2.45, 2.75) is 45.7 Å². The van der Waals surface area contributed by atoms with E-state index in [1.54, 1.807) is 18.2 Å². The highest BCUT2D eigenvalue weighted by Crippen LogP contribution is 2.16. The molecule has 2 rings (SSSR count). The number of rotatable bonds is 8. The van der Waals surface area contributed by atoms with Crippen LogP contribution in [0.5, 0.6) is 0 Å². The molecule has 0 unspecified atom stereocenters. The minimum Gasteiger partial charge on any atom is -0.368 e. The van der Waals surface area contributed by atoms with Crippen LogP contribution < -0.4 is 16.4 Å². The van der Waals surface area contributed by atoms with Crippen molar-refractivity contribution in [3.63, 3.8) is 0 Å². The normalized spacial score (nSPS) is 12.7. The predicted molar refractivity (Wildman–Crippen MR) is 108 cm³/mol.